The van der Waals surface area contributed by atoms with Crippen molar-refractivity contribution < 1.29 is 78.3 Å². The fourth-order valence-corrected chi connectivity index (χ4v) is 8.86. The lowest BCUT2D eigenvalue weighted by molar-refractivity contribution is -0.143. The molecule has 27 nitrogen and oxygen atoms in total. The van der Waals surface area contributed by atoms with Gasteiger partial charge in [-0.05, 0) is 73.9 Å². The Kier molecular flexibility index (Phi) is 24.5. The first kappa shape index (κ1) is 63.6. The van der Waals surface area contributed by atoms with Gasteiger partial charge in [-0.2, -0.15) is 0 Å². The average Bonchev–Trinajstić information content (AvgIpc) is 4.15. The van der Waals surface area contributed by atoms with Crippen molar-refractivity contribution in [2.75, 3.05) is 13.2 Å². The first-order valence-electron chi connectivity index (χ1n) is 26.4. The molecule has 3 aromatic carbocycles. The zero-order chi connectivity index (χ0) is 59.9. The van der Waals surface area contributed by atoms with Gasteiger partial charge >= 0.3 is 23.9 Å². The monoisotopic (exact) mass is 1140 g/mol. The fourth-order valence-electron chi connectivity index (χ4n) is 8.86. The Hall–Kier alpha value is -9.21. The molecule has 5 aromatic rings. The Morgan fingerprint density at radius 1 is 0.427 bits per heavy atom. The first-order valence-corrected chi connectivity index (χ1v) is 26.4. The molecule has 0 unspecified atom stereocenters. The normalized spacial score (nSPS) is 14.1. The topological polar surface area (TPSA) is 457 Å². The van der Waals surface area contributed by atoms with Crippen LogP contribution in [-0.2, 0) is 72.0 Å². The number of fused-ring (bicyclic) bond motifs is 2. The lowest BCUT2D eigenvalue weighted by atomic mass is 10.0. The third kappa shape index (κ3) is 19.6. The second-order valence-corrected chi connectivity index (χ2v) is 19.5. The Balaban J connectivity index is 1.39. The molecule has 8 atom stereocenters. The van der Waals surface area contributed by atoms with Gasteiger partial charge in [0, 0.05) is 72.7 Å². The molecule has 0 bridgehead atoms. The number of hydrogen-bond acceptors (Lipinski definition) is 14. The molecule has 0 aliphatic rings. The maximum Gasteiger partial charge on any atom is 0.326 e. The molecule has 5 rings (SSSR count). The average molecular weight is 1140 g/mol. The number of amides is 7. The zero-order valence-electron chi connectivity index (χ0n) is 44.6. The van der Waals surface area contributed by atoms with Crippen molar-refractivity contribution in [2.24, 2.45) is 11.5 Å². The Labute approximate surface area is 469 Å². The van der Waals surface area contributed by atoms with Crippen molar-refractivity contribution in [1.82, 2.24) is 47.2 Å². The van der Waals surface area contributed by atoms with Crippen molar-refractivity contribution in [3.63, 3.8) is 0 Å². The number of hydrogen-bond donors (Lipinski definition) is 16. The van der Waals surface area contributed by atoms with E-state index in [0.29, 0.717) is 44.9 Å². The van der Waals surface area contributed by atoms with Crippen molar-refractivity contribution in [2.45, 2.75) is 125 Å². The largest absolute Gasteiger partial charge is 0.481 e. The quantitative estimate of drug-likeness (QED) is 0.0221. The third-order valence-corrected chi connectivity index (χ3v) is 13.3. The molecule has 0 aliphatic carbocycles. The smallest absolute Gasteiger partial charge is 0.326 e. The Bertz CT molecular complexity index is 3060. The number of carbonyl (C=O) groups is 11. The van der Waals surface area contributed by atoms with Gasteiger partial charge in [-0.3, -0.25) is 47.9 Å². The minimum absolute atomic E-state index is 0.0710. The second kappa shape index (κ2) is 31.5. The van der Waals surface area contributed by atoms with Gasteiger partial charge < -0.3 is 84.2 Å². The van der Waals surface area contributed by atoms with E-state index in [0.717, 1.165) is 0 Å². The van der Waals surface area contributed by atoms with Gasteiger partial charge in [0.1, 0.15) is 42.3 Å². The molecular weight excluding hydrogens is 1070 g/mol. The highest BCUT2D eigenvalue weighted by Gasteiger charge is 2.35. The van der Waals surface area contributed by atoms with Crippen molar-refractivity contribution in [3.05, 3.63) is 108 Å². The number of carboxylic acids is 4. The number of H-pyrrole nitrogens is 2. The van der Waals surface area contributed by atoms with Crippen LogP contribution in [0.15, 0.2) is 91.3 Å². The zero-order valence-corrected chi connectivity index (χ0v) is 44.6. The van der Waals surface area contributed by atoms with Crippen LogP contribution < -0.4 is 48.7 Å². The van der Waals surface area contributed by atoms with Gasteiger partial charge in [-0.1, -0.05) is 66.7 Å². The van der Waals surface area contributed by atoms with E-state index in [1.807, 2.05) is 0 Å². The summed E-state index contributed by atoms with van der Waals surface area (Å²) in [6.45, 7) is -0.882. The predicted molar refractivity (Wildman–Crippen MR) is 294 cm³/mol. The van der Waals surface area contributed by atoms with Gasteiger partial charge in [0.15, 0.2) is 0 Å². The number of aromatic nitrogens is 2. The summed E-state index contributed by atoms with van der Waals surface area (Å²) >= 11 is 0. The number of carboxylic acid groups (broad SMARTS) is 4. The summed E-state index contributed by atoms with van der Waals surface area (Å²) in [7, 11) is 0. The maximum absolute atomic E-state index is 14.5. The van der Waals surface area contributed by atoms with E-state index >= 15 is 0 Å². The van der Waals surface area contributed by atoms with Crippen molar-refractivity contribution >= 4 is 87.0 Å². The van der Waals surface area contributed by atoms with Crippen LogP contribution in [0.2, 0.25) is 0 Å². The van der Waals surface area contributed by atoms with Crippen LogP contribution in [0, 0.1) is 0 Å². The highest BCUT2D eigenvalue weighted by Crippen LogP contribution is 2.21. The lowest BCUT2D eigenvalue weighted by Crippen LogP contribution is -2.61. The van der Waals surface area contributed by atoms with Crippen molar-refractivity contribution in [1.29, 1.82) is 0 Å². The number of benzene rings is 3. The summed E-state index contributed by atoms with van der Waals surface area (Å²) in [5.41, 5.74) is 14.6. The lowest BCUT2D eigenvalue weighted by Gasteiger charge is -2.27. The minimum Gasteiger partial charge on any atom is -0.481 e. The molecule has 0 radical (unpaired) electrons. The summed E-state index contributed by atoms with van der Waals surface area (Å²) in [6.07, 6.45) is -0.229. The number of unbranched alkanes of at least 4 members (excludes halogenated alkanes) is 1. The first-order chi connectivity index (χ1) is 39.2. The van der Waals surface area contributed by atoms with Crippen LogP contribution in [0.5, 0.6) is 0 Å². The molecule has 440 valence electrons. The summed E-state index contributed by atoms with van der Waals surface area (Å²) in [6, 6.07) is 9.48. The number of rotatable bonds is 35. The molecule has 0 saturated heterocycles. The van der Waals surface area contributed by atoms with E-state index in [2.05, 4.69) is 47.2 Å². The van der Waals surface area contributed by atoms with Crippen LogP contribution in [0.25, 0.3) is 21.8 Å². The maximum atomic E-state index is 14.5. The third-order valence-electron chi connectivity index (χ3n) is 13.3. The number of carbonyl (C=O) groups excluding carboxylic acids is 7. The van der Waals surface area contributed by atoms with Crippen LogP contribution in [-0.4, -0.2) is 162 Å². The summed E-state index contributed by atoms with van der Waals surface area (Å²) in [5, 5.41) is 67.4. The number of aromatic amines is 2. The highest BCUT2D eigenvalue weighted by molar-refractivity contribution is 5.99. The van der Waals surface area contributed by atoms with E-state index in [1.165, 1.54) is 6.20 Å². The number of para-hydroxylation sites is 2. The summed E-state index contributed by atoms with van der Waals surface area (Å²) in [5.74, 6) is -12.7. The molecule has 82 heavy (non-hydrogen) atoms. The van der Waals surface area contributed by atoms with E-state index in [9.17, 15) is 78.3 Å². The Morgan fingerprint density at radius 2 is 0.805 bits per heavy atom. The van der Waals surface area contributed by atoms with E-state index < -0.39 is 152 Å². The van der Waals surface area contributed by atoms with Gasteiger partial charge in [-0.25, -0.2) is 4.79 Å². The van der Waals surface area contributed by atoms with Gasteiger partial charge in [0.2, 0.25) is 41.4 Å². The van der Waals surface area contributed by atoms with Crippen molar-refractivity contribution in [3.8, 4) is 0 Å². The molecule has 27 heteroatoms. The molecule has 0 fully saturated rings. The number of nitrogens with two attached hydrogens (primary N) is 2. The molecule has 18 N–H and O–H groups in total. The second-order valence-electron chi connectivity index (χ2n) is 19.5. The number of aliphatic hydroxyl groups is 1. The Morgan fingerprint density at radius 3 is 1.26 bits per heavy atom. The van der Waals surface area contributed by atoms with Gasteiger partial charge in [-0.15, -0.1) is 0 Å². The number of aliphatic carboxylic acids is 4. The highest BCUT2D eigenvalue weighted by atomic mass is 16.4. The van der Waals surface area contributed by atoms with Gasteiger partial charge in [0.05, 0.1) is 12.6 Å². The van der Waals surface area contributed by atoms with Crippen LogP contribution >= 0.6 is 0 Å². The summed E-state index contributed by atoms with van der Waals surface area (Å²) in [4.78, 5) is 151. The predicted octanol–water partition coefficient (Wildman–Crippen LogP) is -0.802. The standard InChI is InChI=1S/C55H69N11O16/c56-23-9-8-16-38(60-52(78)41(63-48(74)35(57)17-20-45(68)69)25-31-27-58-36-14-6-4-12-33(31)36)49(75)66-44(29-67)54(80)64-42(26-32-28-59-37-15-7-5-13-34(32)37)53(79)62-39(18-21-46(70)71)50(76)61-40(19-22-47(72)73)51(77)65-43(55(81)82)24-30-10-2-1-3-11-30/h1-7,10-15,27-28,35,38-44,58-59,67H,8-9,16-26,29,56-57H2,(H,60,78)(H,61,76)(H,62,79)(H,63,74)(H,64,80)(H,65,77)(H,66,75)(H,68,69)(H,70,71)(H,72,73)(H,81,82)/t35-,38-,39-,40-,41-,42-,43-,44-/m0/s1. The minimum atomic E-state index is -1.83. The van der Waals surface area contributed by atoms with Crippen LogP contribution in [0.4, 0.5) is 0 Å². The SMILES string of the molecule is NCCCC[C@H](NC(=O)[C@H](Cc1c[nH]c2ccccc12)NC(=O)[C@@H](N)CCC(=O)O)C(=O)N[C@@H](CO)C(=O)N[C@@H](Cc1c[nH]c2ccccc12)C(=O)N[C@@H](CCC(=O)O)C(=O)N[C@@H](CCC(=O)O)C(=O)N[C@@H](Cc1ccccc1)C(=O)O. The summed E-state index contributed by atoms with van der Waals surface area (Å²) < 4.78 is 0. The van der Waals surface area contributed by atoms with Crippen LogP contribution in [0.3, 0.4) is 0 Å². The van der Waals surface area contributed by atoms with E-state index in [1.54, 1.807) is 85.1 Å². The number of aliphatic hydroxyl groups excluding tert-OH is 1. The molecule has 2 aromatic heterocycles. The molecule has 2 heterocycles. The van der Waals surface area contributed by atoms with E-state index in [4.69, 9.17) is 11.5 Å². The molecule has 0 aliphatic heterocycles. The molecule has 0 spiro atoms. The molecular formula is C55H69N11O16. The molecule has 0 saturated carbocycles. The number of nitrogens with one attached hydrogen (secondary N) is 9. The van der Waals surface area contributed by atoms with Gasteiger partial charge in [0.25, 0.3) is 0 Å². The van der Waals surface area contributed by atoms with Crippen LogP contribution in [0.1, 0.15) is 74.5 Å². The molecule has 7 amide bonds. The van der Waals surface area contributed by atoms with E-state index in [-0.39, 0.29) is 45.1 Å². The fraction of sp³-hybridized carbons (Fsp3) is 0.400.